The van der Waals surface area contributed by atoms with E-state index in [0.717, 1.165) is 5.56 Å². The topological polar surface area (TPSA) is 75.1 Å². The monoisotopic (exact) mass is 423 g/mol. The summed E-state index contributed by atoms with van der Waals surface area (Å²) in [5, 5.41) is 15.0. The molecule has 7 heteroatoms. The molecule has 0 aliphatic carbocycles. The number of rotatable bonds is 4. The van der Waals surface area contributed by atoms with Crippen molar-refractivity contribution in [2.45, 2.75) is 6.54 Å². The molecule has 2 aromatic heterocycles. The molecule has 0 atom stereocenters. The number of amides is 1. The lowest BCUT2D eigenvalue weighted by atomic mass is 10.0. The second-order valence-electron chi connectivity index (χ2n) is 6.34. The Hall–Kier alpha value is -3.15. The largest absolute Gasteiger partial charge is 0.504 e. The lowest BCUT2D eigenvalue weighted by Crippen LogP contribution is -2.24. The molecular formula is C22H15Cl2N3O2. The summed E-state index contributed by atoms with van der Waals surface area (Å²) >= 11 is 12.2. The smallest absolute Gasteiger partial charge is 0.274 e. The highest BCUT2D eigenvalue weighted by atomic mass is 35.5. The van der Waals surface area contributed by atoms with Crippen LogP contribution in [0.25, 0.3) is 22.2 Å². The number of carbonyl (C=O) groups is 1. The fourth-order valence-electron chi connectivity index (χ4n) is 3.03. The summed E-state index contributed by atoms with van der Waals surface area (Å²) in [4.78, 5) is 21.5. The van der Waals surface area contributed by atoms with Crippen LogP contribution in [-0.4, -0.2) is 21.0 Å². The molecule has 0 unspecified atom stereocenters. The maximum Gasteiger partial charge on any atom is 0.274 e. The number of aromatic hydroxyl groups is 1. The van der Waals surface area contributed by atoms with Crippen LogP contribution in [0.3, 0.4) is 0 Å². The van der Waals surface area contributed by atoms with Crippen molar-refractivity contribution in [3.63, 3.8) is 0 Å². The Morgan fingerprint density at radius 1 is 1.03 bits per heavy atom. The van der Waals surface area contributed by atoms with Crippen molar-refractivity contribution in [2.75, 3.05) is 0 Å². The van der Waals surface area contributed by atoms with Gasteiger partial charge < -0.3 is 10.4 Å². The van der Waals surface area contributed by atoms with Crippen molar-refractivity contribution >= 4 is 40.0 Å². The third kappa shape index (κ3) is 3.88. The molecule has 0 bridgehead atoms. The van der Waals surface area contributed by atoms with E-state index in [1.807, 2.05) is 36.4 Å². The molecule has 29 heavy (non-hydrogen) atoms. The van der Waals surface area contributed by atoms with Gasteiger partial charge in [0.1, 0.15) is 5.52 Å². The van der Waals surface area contributed by atoms with Gasteiger partial charge in [-0.25, -0.2) is 4.98 Å². The summed E-state index contributed by atoms with van der Waals surface area (Å²) in [6.45, 7) is 0.139. The zero-order chi connectivity index (χ0) is 20.4. The van der Waals surface area contributed by atoms with Crippen molar-refractivity contribution < 1.29 is 9.90 Å². The Morgan fingerprint density at radius 3 is 2.62 bits per heavy atom. The number of hydrogen-bond donors (Lipinski definition) is 2. The van der Waals surface area contributed by atoms with E-state index in [1.54, 1.807) is 30.5 Å². The van der Waals surface area contributed by atoms with Crippen LogP contribution >= 0.6 is 23.2 Å². The minimum absolute atomic E-state index is 0.104. The van der Waals surface area contributed by atoms with Gasteiger partial charge in [0.25, 0.3) is 5.91 Å². The average Bonchev–Trinajstić information content (AvgIpc) is 2.75. The second-order valence-corrected chi connectivity index (χ2v) is 7.19. The van der Waals surface area contributed by atoms with Gasteiger partial charge in [-0.3, -0.25) is 9.78 Å². The van der Waals surface area contributed by atoms with Gasteiger partial charge in [0.2, 0.25) is 0 Å². The fraction of sp³-hybridized carbons (Fsp3) is 0.0455. The van der Waals surface area contributed by atoms with Crippen LogP contribution in [0.4, 0.5) is 0 Å². The van der Waals surface area contributed by atoms with Gasteiger partial charge in [-0.15, -0.1) is 0 Å². The summed E-state index contributed by atoms with van der Waals surface area (Å²) in [5.41, 5.74) is 2.25. The van der Waals surface area contributed by atoms with Crippen LogP contribution < -0.4 is 5.32 Å². The minimum atomic E-state index is -0.539. The van der Waals surface area contributed by atoms with Crippen molar-refractivity contribution in [3.8, 4) is 17.0 Å². The number of benzene rings is 2. The highest BCUT2D eigenvalue weighted by Gasteiger charge is 2.20. The number of aromatic nitrogens is 2. The van der Waals surface area contributed by atoms with E-state index in [9.17, 15) is 9.90 Å². The minimum Gasteiger partial charge on any atom is -0.504 e. The zero-order valence-electron chi connectivity index (χ0n) is 15.1. The van der Waals surface area contributed by atoms with E-state index in [1.165, 1.54) is 0 Å². The standard InChI is InChI=1S/C22H15Cl2N3O2/c23-15-8-9-17(24)14(11-15)12-26-22(29)20-21(28)19-16(7-4-10-25-19)18(27-20)13-5-2-1-3-6-13/h1-11,28H,12H2,(H,26,29). The van der Waals surface area contributed by atoms with E-state index in [0.29, 0.717) is 32.2 Å². The maximum absolute atomic E-state index is 12.8. The lowest BCUT2D eigenvalue weighted by molar-refractivity contribution is 0.0943. The van der Waals surface area contributed by atoms with E-state index < -0.39 is 5.91 Å². The molecule has 0 aliphatic heterocycles. The Labute approximate surface area is 177 Å². The first-order chi connectivity index (χ1) is 14.0. The van der Waals surface area contributed by atoms with E-state index in [4.69, 9.17) is 23.2 Å². The van der Waals surface area contributed by atoms with E-state index in [2.05, 4.69) is 15.3 Å². The zero-order valence-corrected chi connectivity index (χ0v) is 16.6. The summed E-state index contributed by atoms with van der Waals surface area (Å²) in [6, 6.07) is 18.0. The number of halogens is 2. The molecule has 0 radical (unpaired) electrons. The molecule has 2 N–H and O–H groups in total. The fourth-order valence-corrected chi connectivity index (χ4v) is 3.41. The third-order valence-electron chi connectivity index (χ3n) is 4.44. The van der Waals surface area contributed by atoms with Crippen molar-refractivity contribution in [1.82, 2.24) is 15.3 Å². The molecule has 144 valence electrons. The van der Waals surface area contributed by atoms with Gasteiger partial charge in [0.05, 0.1) is 5.69 Å². The Kier molecular flexibility index (Phi) is 5.34. The molecule has 0 spiro atoms. The van der Waals surface area contributed by atoms with Crippen LogP contribution in [0.2, 0.25) is 10.0 Å². The van der Waals surface area contributed by atoms with Crippen molar-refractivity contribution in [3.05, 3.63) is 88.2 Å². The number of hydrogen-bond acceptors (Lipinski definition) is 4. The molecule has 4 rings (SSSR count). The van der Waals surface area contributed by atoms with Gasteiger partial charge in [-0.2, -0.15) is 0 Å². The van der Waals surface area contributed by atoms with Crippen LogP contribution in [0.1, 0.15) is 16.1 Å². The van der Waals surface area contributed by atoms with E-state index in [-0.39, 0.29) is 18.0 Å². The normalized spacial score (nSPS) is 10.8. The number of nitrogens with zero attached hydrogens (tertiary/aromatic N) is 2. The highest BCUT2D eigenvalue weighted by molar-refractivity contribution is 6.33. The highest BCUT2D eigenvalue weighted by Crippen LogP contribution is 2.33. The predicted molar refractivity (Wildman–Crippen MR) is 114 cm³/mol. The summed E-state index contributed by atoms with van der Waals surface area (Å²) in [6.07, 6.45) is 1.56. The Bertz CT molecular complexity index is 1210. The Balaban J connectivity index is 1.74. The first kappa shape index (κ1) is 19.2. The molecule has 1 amide bonds. The lowest BCUT2D eigenvalue weighted by Gasteiger charge is -2.12. The maximum atomic E-state index is 12.8. The SMILES string of the molecule is O=C(NCc1cc(Cl)ccc1Cl)c1nc(-c2ccccc2)c2cccnc2c1O. The first-order valence-corrected chi connectivity index (χ1v) is 9.55. The molecule has 4 aromatic rings. The van der Waals surface area contributed by atoms with Crippen LogP contribution in [0.5, 0.6) is 5.75 Å². The number of carbonyl (C=O) groups excluding carboxylic acids is 1. The molecule has 5 nitrogen and oxygen atoms in total. The van der Waals surface area contributed by atoms with Crippen LogP contribution in [0.15, 0.2) is 66.9 Å². The van der Waals surface area contributed by atoms with Gasteiger partial charge in [-0.05, 0) is 35.9 Å². The number of fused-ring (bicyclic) bond motifs is 1. The number of pyridine rings is 2. The second kappa shape index (κ2) is 8.07. The Morgan fingerprint density at radius 2 is 1.83 bits per heavy atom. The molecular weight excluding hydrogens is 409 g/mol. The average molecular weight is 424 g/mol. The quantitative estimate of drug-likeness (QED) is 0.470. The van der Waals surface area contributed by atoms with Gasteiger partial charge in [-0.1, -0.05) is 53.5 Å². The molecule has 0 saturated heterocycles. The first-order valence-electron chi connectivity index (χ1n) is 8.80. The third-order valence-corrected chi connectivity index (χ3v) is 5.05. The van der Waals surface area contributed by atoms with Crippen LogP contribution in [-0.2, 0) is 6.54 Å². The summed E-state index contributed by atoms with van der Waals surface area (Å²) < 4.78 is 0. The summed E-state index contributed by atoms with van der Waals surface area (Å²) in [7, 11) is 0. The van der Waals surface area contributed by atoms with Crippen molar-refractivity contribution in [2.24, 2.45) is 0 Å². The van der Waals surface area contributed by atoms with Crippen LogP contribution in [0, 0.1) is 0 Å². The van der Waals surface area contributed by atoms with E-state index >= 15 is 0 Å². The molecule has 0 saturated carbocycles. The van der Waals surface area contributed by atoms with Crippen molar-refractivity contribution in [1.29, 1.82) is 0 Å². The molecule has 0 fully saturated rings. The molecule has 2 aromatic carbocycles. The molecule has 2 heterocycles. The van der Waals surface area contributed by atoms with Gasteiger partial charge >= 0.3 is 0 Å². The van der Waals surface area contributed by atoms with Gasteiger partial charge in [0.15, 0.2) is 11.4 Å². The summed E-state index contributed by atoms with van der Waals surface area (Å²) in [5.74, 6) is -0.807. The number of nitrogens with one attached hydrogen (secondary N) is 1. The predicted octanol–water partition coefficient (Wildman–Crippen LogP) is 5.24. The van der Waals surface area contributed by atoms with Gasteiger partial charge in [0, 0.05) is 33.7 Å². The molecule has 0 aliphatic rings.